The van der Waals surface area contributed by atoms with E-state index in [9.17, 15) is 4.79 Å². The first-order valence-electron chi connectivity index (χ1n) is 8.83. The maximum Gasteiger partial charge on any atom is 0.338 e. The molecular formula is C20H18N6O2. The van der Waals surface area contributed by atoms with Gasteiger partial charge in [0.05, 0.1) is 18.4 Å². The highest BCUT2D eigenvalue weighted by molar-refractivity contribution is 6.03. The van der Waals surface area contributed by atoms with E-state index in [2.05, 4.69) is 36.8 Å². The van der Waals surface area contributed by atoms with Crippen LogP contribution in [-0.2, 0) is 4.74 Å². The van der Waals surface area contributed by atoms with Crippen molar-refractivity contribution in [3.63, 3.8) is 0 Å². The summed E-state index contributed by atoms with van der Waals surface area (Å²) in [6.07, 6.45) is 1.61. The highest BCUT2D eigenvalue weighted by atomic mass is 16.5. The molecule has 0 radical (unpaired) electrons. The minimum absolute atomic E-state index is 0.287. The van der Waals surface area contributed by atoms with Crippen LogP contribution in [0.25, 0.3) is 22.1 Å². The zero-order valence-electron chi connectivity index (χ0n) is 15.4. The number of rotatable bonds is 5. The van der Waals surface area contributed by atoms with E-state index in [1.54, 1.807) is 37.4 Å². The fourth-order valence-electron chi connectivity index (χ4n) is 2.82. The van der Waals surface area contributed by atoms with Crippen molar-refractivity contribution >= 4 is 40.2 Å². The number of aromatic nitrogens is 4. The van der Waals surface area contributed by atoms with Crippen LogP contribution in [0.2, 0.25) is 0 Å². The predicted molar refractivity (Wildman–Crippen MR) is 108 cm³/mol. The molecule has 2 heterocycles. The minimum Gasteiger partial charge on any atom is -0.462 e. The molecule has 0 aliphatic rings. The van der Waals surface area contributed by atoms with Crippen LogP contribution in [-0.4, -0.2) is 39.0 Å². The van der Waals surface area contributed by atoms with Gasteiger partial charge >= 0.3 is 5.97 Å². The number of ether oxygens (including phenoxy) is 1. The Hall–Kier alpha value is -3.81. The predicted octanol–water partition coefficient (Wildman–Crippen LogP) is 3.44. The van der Waals surface area contributed by atoms with Crippen molar-refractivity contribution in [3.8, 4) is 0 Å². The lowest BCUT2D eigenvalue weighted by Gasteiger charge is -2.01. The first kappa shape index (κ1) is 17.6. The number of benzene rings is 2. The number of H-pyrrole nitrogens is 1. The number of anilines is 1. The maximum atomic E-state index is 11.7. The molecule has 0 bridgehead atoms. The third-order valence-electron chi connectivity index (χ3n) is 4.17. The lowest BCUT2D eigenvalue weighted by molar-refractivity contribution is 0.0526. The first-order chi connectivity index (χ1) is 13.6. The monoisotopic (exact) mass is 374 g/mol. The van der Waals surface area contributed by atoms with E-state index in [0.717, 1.165) is 27.5 Å². The Balaban J connectivity index is 1.49. The molecule has 2 aromatic heterocycles. The number of nitrogens with one attached hydrogen (secondary N) is 2. The molecule has 0 unspecified atom stereocenters. The Kier molecular flexibility index (Phi) is 4.67. The van der Waals surface area contributed by atoms with E-state index in [-0.39, 0.29) is 11.9 Å². The molecule has 2 aromatic carbocycles. The van der Waals surface area contributed by atoms with Gasteiger partial charge in [0.25, 0.3) is 5.95 Å². The lowest BCUT2D eigenvalue weighted by atomic mass is 10.1. The molecule has 140 valence electrons. The Labute approximate surface area is 160 Å². The van der Waals surface area contributed by atoms with E-state index in [1.807, 2.05) is 19.1 Å². The van der Waals surface area contributed by atoms with E-state index in [1.165, 1.54) is 0 Å². The molecule has 0 aliphatic heterocycles. The fraction of sp³-hybridized carbons (Fsp3) is 0.150. The van der Waals surface area contributed by atoms with E-state index in [0.29, 0.717) is 17.8 Å². The SMILES string of the molecule is CCOC(=O)c1ccc(/C=N\Nc2nnc3c(n2)[nH]c2ccc(C)cc23)cc1. The molecule has 0 saturated heterocycles. The molecular weight excluding hydrogens is 356 g/mol. The molecule has 8 nitrogen and oxygen atoms in total. The van der Waals surface area contributed by atoms with Crippen molar-refractivity contribution in [2.45, 2.75) is 13.8 Å². The molecule has 0 saturated carbocycles. The Bertz CT molecular complexity index is 1180. The number of carbonyl (C=O) groups is 1. The molecule has 0 spiro atoms. The van der Waals surface area contributed by atoms with Gasteiger partial charge in [0.2, 0.25) is 0 Å². The van der Waals surface area contributed by atoms with Crippen LogP contribution < -0.4 is 5.43 Å². The van der Waals surface area contributed by atoms with Gasteiger partial charge in [-0.2, -0.15) is 10.1 Å². The van der Waals surface area contributed by atoms with Gasteiger partial charge < -0.3 is 9.72 Å². The van der Waals surface area contributed by atoms with Gasteiger partial charge in [-0.15, -0.1) is 10.2 Å². The molecule has 8 heteroatoms. The topological polar surface area (TPSA) is 105 Å². The zero-order chi connectivity index (χ0) is 19.5. The van der Waals surface area contributed by atoms with E-state index < -0.39 is 0 Å². The van der Waals surface area contributed by atoms with Crippen molar-refractivity contribution < 1.29 is 9.53 Å². The number of aromatic amines is 1. The van der Waals surface area contributed by atoms with Gasteiger partial charge in [-0.3, -0.25) is 0 Å². The highest BCUT2D eigenvalue weighted by Crippen LogP contribution is 2.23. The fourth-order valence-corrected chi connectivity index (χ4v) is 2.82. The summed E-state index contributed by atoms with van der Waals surface area (Å²) in [6, 6.07) is 13.0. The summed E-state index contributed by atoms with van der Waals surface area (Å²) in [5.41, 5.74) is 7.57. The standard InChI is InChI=1S/C20H18N6O2/c1-3-28-19(27)14-7-5-13(6-8-14)11-21-25-20-23-18-17(24-26-20)15-10-12(2)4-9-16(15)22-18/h4-11H,3H2,1-2H3,(H2,22,23,25,26)/b21-11-. The second-order valence-corrected chi connectivity index (χ2v) is 6.22. The van der Waals surface area contributed by atoms with Gasteiger partial charge in [0, 0.05) is 10.9 Å². The van der Waals surface area contributed by atoms with Crippen LogP contribution in [0.5, 0.6) is 0 Å². The maximum absolute atomic E-state index is 11.7. The lowest BCUT2D eigenvalue weighted by Crippen LogP contribution is -2.04. The number of hydrogen-bond acceptors (Lipinski definition) is 7. The summed E-state index contributed by atoms with van der Waals surface area (Å²) in [5, 5.41) is 13.5. The molecule has 0 aliphatic carbocycles. The number of carbonyl (C=O) groups excluding carboxylic acids is 1. The molecule has 2 N–H and O–H groups in total. The van der Waals surface area contributed by atoms with Crippen LogP contribution in [0.15, 0.2) is 47.6 Å². The van der Waals surface area contributed by atoms with Crippen LogP contribution in [0.1, 0.15) is 28.4 Å². The minimum atomic E-state index is -0.342. The number of hydrogen-bond donors (Lipinski definition) is 2. The highest BCUT2D eigenvalue weighted by Gasteiger charge is 2.09. The van der Waals surface area contributed by atoms with Crippen LogP contribution in [0, 0.1) is 6.92 Å². The number of esters is 1. The second kappa shape index (κ2) is 7.43. The Morgan fingerprint density at radius 2 is 2.04 bits per heavy atom. The van der Waals surface area contributed by atoms with E-state index in [4.69, 9.17) is 4.74 Å². The molecule has 0 atom stereocenters. The van der Waals surface area contributed by atoms with Crippen molar-refractivity contribution in [3.05, 3.63) is 59.2 Å². The first-order valence-corrected chi connectivity index (χ1v) is 8.83. The average Bonchev–Trinajstić information content (AvgIpc) is 3.05. The Morgan fingerprint density at radius 3 is 2.82 bits per heavy atom. The van der Waals surface area contributed by atoms with Crippen molar-refractivity contribution in [2.24, 2.45) is 5.10 Å². The van der Waals surface area contributed by atoms with Crippen LogP contribution in [0.3, 0.4) is 0 Å². The molecule has 0 fully saturated rings. The third-order valence-corrected chi connectivity index (χ3v) is 4.17. The normalized spacial score (nSPS) is 11.4. The molecule has 4 aromatic rings. The van der Waals surface area contributed by atoms with Gasteiger partial charge in [-0.05, 0) is 43.7 Å². The number of fused-ring (bicyclic) bond motifs is 3. The molecule has 4 rings (SSSR count). The number of nitrogens with zero attached hydrogens (tertiary/aromatic N) is 4. The van der Waals surface area contributed by atoms with Crippen molar-refractivity contribution in [1.29, 1.82) is 0 Å². The Morgan fingerprint density at radius 1 is 1.21 bits per heavy atom. The summed E-state index contributed by atoms with van der Waals surface area (Å²) in [5.74, 6) is -0.0550. The zero-order valence-corrected chi connectivity index (χ0v) is 15.4. The largest absolute Gasteiger partial charge is 0.462 e. The summed E-state index contributed by atoms with van der Waals surface area (Å²) < 4.78 is 4.96. The molecule has 0 amide bonds. The van der Waals surface area contributed by atoms with Crippen LogP contribution >= 0.6 is 0 Å². The quantitative estimate of drug-likeness (QED) is 0.315. The van der Waals surface area contributed by atoms with Gasteiger partial charge in [0.1, 0.15) is 5.52 Å². The van der Waals surface area contributed by atoms with Gasteiger partial charge in [0.15, 0.2) is 5.65 Å². The van der Waals surface area contributed by atoms with Crippen molar-refractivity contribution in [1.82, 2.24) is 20.2 Å². The van der Waals surface area contributed by atoms with Gasteiger partial charge in [-0.25, -0.2) is 10.2 Å². The van der Waals surface area contributed by atoms with Gasteiger partial charge in [-0.1, -0.05) is 23.8 Å². The summed E-state index contributed by atoms with van der Waals surface area (Å²) in [6.45, 7) is 4.15. The number of hydrazone groups is 1. The third kappa shape index (κ3) is 3.52. The number of aryl methyl sites for hydroxylation is 1. The average molecular weight is 374 g/mol. The van der Waals surface area contributed by atoms with Crippen LogP contribution in [0.4, 0.5) is 5.95 Å². The smallest absolute Gasteiger partial charge is 0.338 e. The summed E-state index contributed by atoms with van der Waals surface area (Å²) in [4.78, 5) is 19.3. The van der Waals surface area contributed by atoms with Crippen molar-refractivity contribution in [2.75, 3.05) is 12.0 Å². The summed E-state index contributed by atoms with van der Waals surface area (Å²) in [7, 11) is 0. The second-order valence-electron chi connectivity index (χ2n) is 6.22. The molecule has 28 heavy (non-hydrogen) atoms. The van der Waals surface area contributed by atoms with E-state index >= 15 is 0 Å². The summed E-state index contributed by atoms with van der Waals surface area (Å²) >= 11 is 0.